The highest BCUT2D eigenvalue weighted by molar-refractivity contribution is 6.02. The van der Waals surface area contributed by atoms with Gasteiger partial charge in [0.1, 0.15) is 23.2 Å². The van der Waals surface area contributed by atoms with Crippen LogP contribution in [-0.2, 0) is 24.0 Å². The van der Waals surface area contributed by atoms with E-state index < -0.39 is 59.1 Å². The molecule has 0 radical (unpaired) electrons. The maximum absolute atomic E-state index is 12.6. The van der Waals surface area contributed by atoms with Gasteiger partial charge in [-0.1, -0.05) is 0 Å². The lowest BCUT2D eigenvalue weighted by molar-refractivity contribution is -0.142. The van der Waals surface area contributed by atoms with Crippen LogP contribution in [0.1, 0.15) is 34.1 Å². The number of carbonyl (C=O) groups excluding carboxylic acids is 5. The normalized spacial score (nSPS) is 27.8. The van der Waals surface area contributed by atoms with Gasteiger partial charge in [0.2, 0.25) is 29.5 Å². The van der Waals surface area contributed by atoms with Gasteiger partial charge in [-0.25, -0.2) is 5.48 Å². The van der Waals surface area contributed by atoms with Gasteiger partial charge in [0.25, 0.3) is 0 Å². The van der Waals surface area contributed by atoms with E-state index in [0.717, 1.165) is 0 Å². The molecular formula is C15H23N5O6. The van der Waals surface area contributed by atoms with Crippen LogP contribution in [-0.4, -0.2) is 69.3 Å². The van der Waals surface area contributed by atoms with E-state index in [-0.39, 0.29) is 6.54 Å². The van der Waals surface area contributed by atoms with E-state index in [4.69, 9.17) is 5.21 Å². The number of amides is 5. The SMILES string of the molecule is CC1(C)NC(=O)C2CN2C(=O)C(CC(=O)NO)NC(=O)C(C)(C)NC1=O. The molecule has 2 rings (SSSR count). The topological polar surface area (TPSA) is 157 Å². The van der Waals surface area contributed by atoms with Crippen molar-refractivity contribution in [2.75, 3.05) is 6.54 Å². The summed E-state index contributed by atoms with van der Waals surface area (Å²) < 4.78 is 0. The third kappa shape index (κ3) is 3.93. The van der Waals surface area contributed by atoms with Crippen molar-refractivity contribution in [2.24, 2.45) is 0 Å². The van der Waals surface area contributed by atoms with Crippen LogP contribution < -0.4 is 21.4 Å². The van der Waals surface area contributed by atoms with E-state index in [1.165, 1.54) is 38.1 Å². The van der Waals surface area contributed by atoms with Crippen LogP contribution in [0, 0.1) is 0 Å². The Labute approximate surface area is 149 Å². The predicted octanol–water partition coefficient (Wildman–Crippen LogP) is -2.62. The molecule has 11 nitrogen and oxygen atoms in total. The van der Waals surface area contributed by atoms with Gasteiger partial charge in [0.05, 0.1) is 13.0 Å². The highest BCUT2D eigenvalue weighted by Gasteiger charge is 2.50. The molecule has 2 unspecified atom stereocenters. The van der Waals surface area contributed by atoms with E-state index >= 15 is 0 Å². The molecule has 2 atom stereocenters. The Morgan fingerprint density at radius 2 is 1.69 bits per heavy atom. The monoisotopic (exact) mass is 369 g/mol. The Kier molecular flexibility index (Phi) is 4.95. The van der Waals surface area contributed by atoms with Crippen molar-refractivity contribution in [2.45, 2.75) is 57.3 Å². The van der Waals surface area contributed by atoms with E-state index in [0.29, 0.717) is 0 Å². The third-order valence-electron chi connectivity index (χ3n) is 4.31. The van der Waals surface area contributed by atoms with Crippen LogP contribution in [0.15, 0.2) is 0 Å². The van der Waals surface area contributed by atoms with Crippen molar-refractivity contribution in [1.29, 1.82) is 0 Å². The summed E-state index contributed by atoms with van der Waals surface area (Å²) in [6, 6.07) is -2.06. The molecule has 2 aliphatic rings. The number of carbonyl (C=O) groups is 5. The Bertz CT molecular complexity index is 673. The van der Waals surface area contributed by atoms with Crippen molar-refractivity contribution in [1.82, 2.24) is 26.3 Å². The van der Waals surface area contributed by atoms with Crippen LogP contribution in [0.5, 0.6) is 0 Å². The molecule has 2 heterocycles. The molecule has 0 aliphatic carbocycles. The lowest BCUT2D eigenvalue weighted by Crippen LogP contribution is -2.65. The molecule has 0 saturated carbocycles. The summed E-state index contributed by atoms with van der Waals surface area (Å²) in [6.45, 7) is 5.94. The van der Waals surface area contributed by atoms with Gasteiger partial charge < -0.3 is 20.9 Å². The molecule has 5 amide bonds. The summed E-state index contributed by atoms with van der Waals surface area (Å²) in [5.41, 5.74) is -1.30. The second-order valence-corrected chi connectivity index (χ2v) is 7.46. The fraction of sp³-hybridized carbons (Fsp3) is 0.667. The van der Waals surface area contributed by atoms with E-state index in [1.54, 1.807) is 0 Å². The predicted molar refractivity (Wildman–Crippen MR) is 86.4 cm³/mol. The van der Waals surface area contributed by atoms with E-state index in [2.05, 4.69) is 16.0 Å². The van der Waals surface area contributed by atoms with Gasteiger partial charge in [-0.3, -0.25) is 29.2 Å². The summed E-state index contributed by atoms with van der Waals surface area (Å²) in [7, 11) is 0. The van der Waals surface area contributed by atoms with Crippen molar-refractivity contribution in [3.05, 3.63) is 0 Å². The molecule has 2 aliphatic heterocycles. The van der Waals surface area contributed by atoms with Crippen molar-refractivity contribution in [3.8, 4) is 0 Å². The minimum Gasteiger partial charge on any atom is -0.342 e. The van der Waals surface area contributed by atoms with Gasteiger partial charge in [0, 0.05) is 0 Å². The first-order chi connectivity index (χ1) is 11.9. The first kappa shape index (κ1) is 19.6. The fourth-order valence-corrected chi connectivity index (χ4v) is 2.52. The largest absolute Gasteiger partial charge is 0.342 e. The van der Waals surface area contributed by atoms with Gasteiger partial charge in [-0.2, -0.15) is 0 Å². The molecule has 144 valence electrons. The van der Waals surface area contributed by atoms with Gasteiger partial charge in [-0.15, -0.1) is 0 Å². The van der Waals surface area contributed by atoms with E-state index in [9.17, 15) is 24.0 Å². The smallest absolute Gasteiger partial charge is 0.246 e. The molecule has 2 fully saturated rings. The Morgan fingerprint density at radius 3 is 2.27 bits per heavy atom. The molecule has 0 aromatic carbocycles. The zero-order valence-corrected chi connectivity index (χ0v) is 15.0. The van der Waals surface area contributed by atoms with Crippen LogP contribution in [0.3, 0.4) is 0 Å². The van der Waals surface area contributed by atoms with Crippen LogP contribution in [0.25, 0.3) is 0 Å². The second kappa shape index (κ2) is 6.56. The first-order valence-electron chi connectivity index (χ1n) is 8.08. The van der Waals surface area contributed by atoms with Crippen molar-refractivity contribution in [3.63, 3.8) is 0 Å². The average molecular weight is 369 g/mol. The number of nitrogens with zero attached hydrogens (tertiary/aromatic N) is 1. The highest BCUT2D eigenvalue weighted by Crippen LogP contribution is 2.22. The van der Waals surface area contributed by atoms with Crippen molar-refractivity contribution < 1.29 is 29.2 Å². The van der Waals surface area contributed by atoms with Gasteiger partial charge in [0.15, 0.2) is 0 Å². The zero-order valence-electron chi connectivity index (χ0n) is 15.0. The Hall–Kier alpha value is -2.69. The van der Waals surface area contributed by atoms with Crippen LogP contribution in [0.2, 0.25) is 0 Å². The van der Waals surface area contributed by atoms with E-state index in [1.807, 2.05) is 0 Å². The number of rotatable bonds is 2. The lowest BCUT2D eigenvalue weighted by atomic mass is 9.97. The van der Waals surface area contributed by atoms with Crippen LogP contribution >= 0.6 is 0 Å². The number of nitrogens with one attached hydrogen (secondary N) is 4. The Balaban J connectivity index is 2.34. The Morgan fingerprint density at radius 1 is 1.12 bits per heavy atom. The second-order valence-electron chi connectivity index (χ2n) is 7.46. The third-order valence-corrected chi connectivity index (χ3v) is 4.31. The average Bonchev–Trinajstić information content (AvgIpc) is 3.32. The summed E-state index contributed by atoms with van der Waals surface area (Å²) in [4.78, 5) is 62.5. The van der Waals surface area contributed by atoms with Gasteiger partial charge in [-0.05, 0) is 27.7 Å². The van der Waals surface area contributed by atoms with Crippen molar-refractivity contribution >= 4 is 29.5 Å². The number of hydrogen-bond acceptors (Lipinski definition) is 6. The molecule has 0 aromatic rings. The summed E-state index contributed by atoms with van der Waals surface area (Å²) in [5, 5.41) is 16.2. The molecule has 11 heteroatoms. The van der Waals surface area contributed by atoms with Gasteiger partial charge >= 0.3 is 0 Å². The fourth-order valence-electron chi connectivity index (χ4n) is 2.52. The standard InChI is InChI=1S/C15H23N5O6/c1-14(2)12(24)16-7(5-9(21)19-26)11(23)20-6-8(20)10(22)17-15(3,4)13(25)18-14/h7-8,26H,5-6H2,1-4H3,(H,16,24)(H,17,22)(H,18,25)(H,19,21). The summed E-state index contributed by atoms with van der Waals surface area (Å²) in [6.07, 6.45) is -0.512. The molecule has 0 aromatic heterocycles. The lowest BCUT2D eigenvalue weighted by Gasteiger charge is -2.33. The number of fused-ring (bicyclic) bond motifs is 1. The highest BCUT2D eigenvalue weighted by atomic mass is 16.5. The quantitative estimate of drug-likeness (QED) is 0.204. The van der Waals surface area contributed by atoms with Crippen LogP contribution in [0.4, 0.5) is 0 Å². The summed E-state index contributed by atoms with van der Waals surface area (Å²) >= 11 is 0. The molecule has 5 N–H and O–H groups in total. The molecule has 2 saturated heterocycles. The number of hydroxylamine groups is 1. The molecule has 0 spiro atoms. The number of hydrogen-bond donors (Lipinski definition) is 5. The maximum Gasteiger partial charge on any atom is 0.246 e. The molecule has 26 heavy (non-hydrogen) atoms. The molecular weight excluding hydrogens is 346 g/mol. The minimum atomic E-state index is -1.41. The minimum absolute atomic E-state index is 0.110. The first-order valence-corrected chi connectivity index (χ1v) is 8.08. The maximum atomic E-state index is 12.6. The summed E-state index contributed by atoms with van der Waals surface area (Å²) in [5.74, 6) is -3.26. The zero-order chi connectivity index (χ0) is 19.9. The molecule has 0 bridgehead atoms.